The molecule has 4 aliphatic rings. The zero-order chi connectivity index (χ0) is 49.0. The van der Waals surface area contributed by atoms with Crippen molar-refractivity contribution in [2.75, 3.05) is 0 Å². The highest BCUT2D eigenvalue weighted by Gasteiger charge is 2.53. The fourth-order valence-electron chi connectivity index (χ4n) is 13.9. The molecule has 0 radical (unpaired) electrons. The van der Waals surface area contributed by atoms with Crippen LogP contribution in [-0.4, -0.2) is 0 Å². The first-order chi connectivity index (χ1) is 34.0. The lowest BCUT2D eigenvalue weighted by molar-refractivity contribution is 0.585. The molecule has 4 aliphatic carbocycles. The molecule has 0 aromatic heterocycles. The minimum Gasteiger partial charge on any atom is -0.0619 e. The van der Waals surface area contributed by atoms with E-state index in [-0.39, 0.29) is 27.6 Å². The van der Waals surface area contributed by atoms with Gasteiger partial charge in [0.25, 0.3) is 0 Å². The Kier molecular flexibility index (Phi) is 9.29. The van der Waals surface area contributed by atoms with Crippen LogP contribution >= 0.6 is 0 Å². The number of rotatable bonds is 5. The van der Waals surface area contributed by atoms with Crippen molar-refractivity contribution in [2.45, 2.75) is 109 Å². The van der Waals surface area contributed by atoms with Gasteiger partial charge >= 0.3 is 0 Å². The molecule has 0 fully saturated rings. The average Bonchev–Trinajstić information content (AvgIpc) is 4.00. The third kappa shape index (κ3) is 6.16. The maximum Gasteiger partial charge on any atom is 0.0725 e. The van der Waals surface area contributed by atoms with Gasteiger partial charge in [0.2, 0.25) is 0 Å². The van der Waals surface area contributed by atoms with Crippen LogP contribution in [0.2, 0.25) is 0 Å². The molecule has 13 rings (SSSR count). The molecule has 0 aliphatic heterocycles. The summed E-state index contributed by atoms with van der Waals surface area (Å²) in [7, 11) is 0. The highest BCUT2D eigenvalue weighted by Crippen LogP contribution is 2.64. The maximum absolute atomic E-state index is 2.62. The monoisotopic (exact) mass is 917 g/mol. The van der Waals surface area contributed by atoms with Crippen molar-refractivity contribution in [3.05, 3.63) is 260 Å². The van der Waals surface area contributed by atoms with Gasteiger partial charge in [0.15, 0.2) is 0 Å². The van der Waals surface area contributed by atoms with Crippen LogP contribution in [-0.2, 0) is 33.5 Å². The summed E-state index contributed by atoms with van der Waals surface area (Å²) in [5.41, 5.74) is 31.0. The molecule has 1 unspecified atom stereocenters. The SMILES string of the molecule is CC(C)(C)c1ccc2c(c1)C1(c3ccccc3-c3ccccc31)c1cc(C(C)(C)C)cc(CC(c3ccc(-c4cccc5c4-c4ccccc4C5(C)C)cc3)c3ccc4c(c3)C(C)(C)c3ccccc3-4)c1-2. The number of hydrogen-bond acceptors (Lipinski definition) is 0. The van der Waals surface area contributed by atoms with Crippen molar-refractivity contribution in [2.24, 2.45) is 0 Å². The Morgan fingerprint density at radius 2 is 0.803 bits per heavy atom. The first-order valence-corrected chi connectivity index (χ1v) is 26.1. The van der Waals surface area contributed by atoms with E-state index in [9.17, 15) is 0 Å². The normalized spacial score (nSPS) is 16.1. The lowest BCUT2D eigenvalue weighted by Gasteiger charge is -2.33. The van der Waals surface area contributed by atoms with Gasteiger partial charge in [0.1, 0.15) is 0 Å². The molecule has 9 aromatic rings. The largest absolute Gasteiger partial charge is 0.0725 e. The van der Waals surface area contributed by atoms with Gasteiger partial charge in [-0.1, -0.05) is 257 Å². The third-order valence-corrected chi connectivity index (χ3v) is 17.7. The summed E-state index contributed by atoms with van der Waals surface area (Å²) in [6, 6.07) is 73.6. The van der Waals surface area contributed by atoms with Gasteiger partial charge in [-0.15, -0.1) is 0 Å². The predicted octanol–water partition coefficient (Wildman–Crippen LogP) is 18.3. The van der Waals surface area contributed by atoms with Gasteiger partial charge < -0.3 is 0 Å². The van der Waals surface area contributed by atoms with Gasteiger partial charge in [-0.2, -0.15) is 0 Å². The highest BCUT2D eigenvalue weighted by molar-refractivity contribution is 5.97. The molecule has 0 amide bonds. The number of benzene rings is 9. The van der Waals surface area contributed by atoms with Crippen molar-refractivity contribution in [1.29, 1.82) is 0 Å². The van der Waals surface area contributed by atoms with Crippen LogP contribution in [0.5, 0.6) is 0 Å². The Balaban J connectivity index is 1.04. The topological polar surface area (TPSA) is 0 Å². The van der Waals surface area contributed by atoms with Crippen molar-refractivity contribution < 1.29 is 0 Å². The van der Waals surface area contributed by atoms with E-state index in [2.05, 4.69) is 257 Å². The zero-order valence-electron chi connectivity index (χ0n) is 43.2. The van der Waals surface area contributed by atoms with Crippen LogP contribution in [0.4, 0.5) is 0 Å². The van der Waals surface area contributed by atoms with E-state index in [4.69, 9.17) is 0 Å². The van der Waals surface area contributed by atoms with Gasteiger partial charge in [0, 0.05) is 16.7 Å². The summed E-state index contributed by atoms with van der Waals surface area (Å²) in [5.74, 6) is 0.0892. The summed E-state index contributed by atoms with van der Waals surface area (Å²) < 4.78 is 0. The molecule has 1 atom stereocenters. The van der Waals surface area contributed by atoms with E-state index < -0.39 is 5.41 Å². The second-order valence-corrected chi connectivity index (χ2v) is 24.4. The molecule has 1 spiro atoms. The van der Waals surface area contributed by atoms with Gasteiger partial charge in [-0.3, -0.25) is 0 Å². The summed E-state index contributed by atoms with van der Waals surface area (Å²) in [5, 5.41) is 0. The maximum atomic E-state index is 2.62. The van der Waals surface area contributed by atoms with E-state index in [0.717, 1.165) is 6.42 Å². The number of fused-ring (bicyclic) bond motifs is 16. The van der Waals surface area contributed by atoms with Gasteiger partial charge in [0.05, 0.1) is 5.41 Å². The minimum absolute atomic E-state index is 0.0142. The Labute approximate surface area is 422 Å². The molecule has 0 heteroatoms. The molecule has 0 saturated carbocycles. The van der Waals surface area contributed by atoms with Crippen molar-refractivity contribution in [3.8, 4) is 55.6 Å². The van der Waals surface area contributed by atoms with E-state index in [1.165, 1.54) is 128 Å². The summed E-state index contributed by atoms with van der Waals surface area (Å²) >= 11 is 0. The molecule has 0 heterocycles. The Morgan fingerprint density at radius 1 is 0.338 bits per heavy atom. The van der Waals surface area contributed by atoms with Crippen LogP contribution in [0.3, 0.4) is 0 Å². The molecule has 348 valence electrons. The average molecular weight is 917 g/mol. The van der Waals surface area contributed by atoms with Crippen LogP contribution in [0.25, 0.3) is 55.6 Å². The van der Waals surface area contributed by atoms with E-state index in [1.54, 1.807) is 0 Å². The molecule has 71 heavy (non-hydrogen) atoms. The fourth-order valence-corrected chi connectivity index (χ4v) is 13.9. The molecule has 0 bridgehead atoms. The van der Waals surface area contributed by atoms with Crippen LogP contribution in [0.1, 0.15) is 147 Å². The lowest BCUT2D eigenvalue weighted by Crippen LogP contribution is -2.27. The summed E-state index contributed by atoms with van der Waals surface area (Å²) in [6.07, 6.45) is 0.861. The minimum atomic E-state index is -0.446. The summed E-state index contributed by atoms with van der Waals surface area (Å²) in [4.78, 5) is 0. The zero-order valence-corrected chi connectivity index (χ0v) is 43.2. The second kappa shape index (κ2) is 15.0. The third-order valence-electron chi connectivity index (χ3n) is 17.7. The molecule has 0 nitrogen and oxygen atoms in total. The standard InChI is InChI=1S/C71H64/c1-67(2,3)47-35-37-55-63(41-47)71(59-27-17-12-21-51(59)52-22-13-18-28-60(52)71)64-42-48(68(4,5)6)38-46(65(55)64)39-56(45-34-36-53-50-20-11-15-25-57(50)70(9,10)62(53)40-45)44-32-30-43(31-33-44)49-24-19-29-61-66(49)54-23-14-16-26-58(54)69(61,7)8/h11-38,40-42,56H,39H2,1-10H3. The first kappa shape index (κ1) is 44.0. The molecule has 0 N–H and O–H groups in total. The smallest absolute Gasteiger partial charge is 0.0619 e. The van der Waals surface area contributed by atoms with E-state index >= 15 is 0 Å². The van der Waals surface area contributed by atoms with Crippen LogP contribution in [0.15, 0.2) is 188 Å². The fraction of sp³-hybridized carbons (Fsp3) is 0.239. The molecular formula is C71H64. The van der Waals surface area contributed by atoms with Gasteiger partial charge in [-0.05, 0) is 145 Å². The van der Waals surface area contributed by atoms with E-state index in [1.807, 2.05) is 0 Å². The van der Waals surface area contributed by atoms with Crippen molar-refractivity contribution in [3.63, 3.8) is 0 Å². The second-order valence-electron chi connectivity index (χ2n) is 24.4. The first-order valence-electron chi connectivity index (χ1n) is 26.1. The molecule has 9 aromatic carbocycles. The summed E-state index contributed by atoms with van der Waals surface area (Å²) in [6.45, 7) is 23.9. The quantitative estimate of drug-likeness (QED) is 0.161. The van der Waals surface area contributed by atoms with Crippen LogP contribution in [0, 0.1) is 0 Å². The van der Waals surface area contributed by atoms with E-state index in [0.29, 0.717) is 0 Å². The van der Waals surface area contributed by atoms with Crippen molar-refractivity contribution in [1.82, 2.24) is 0 Å². The van der Waals surface area contributed by atoms with Gasteiger partial charge in [-0.25, -0.2) is 0 Å². The van der Waals surface area contributed by atoms with Crippen molar-refractivity contribution >= 4 is 0 Å². The Hall–Kier alpha value is -7.02. The Morgan fingerprint density at radius 3 is 1.44 bits per heavy atom. The predicted molar refractivity (Wildman–Crippen MR) is 299 cm³/mol. The highest BCUT2D eigenvalue weighted by atomic mass is 14.5. The Bertz CT molecular complexity index is 3640. The van der Waals surface area contributed by atoms with Crippen LogP contribution < -0.4 is 0 Å². The molecule has 0 saturated heterocycles. The lowest BCUT2D eigenvalue weighted by atomic mass is 9.68. The number of hydrogen-bond donors (Lipinski definition) is 0. The molecular weight excluding hydrogens is 853 g/mol.